The first-order valence-electron chi connectivity index (χ1n) is 5.71. The lowest BCUT2D eigenvalue weighted by molar-refractivity contribution is 0.563. The molecule has 2 heteroatoms. The third-order valence-electron chi connectivity index (χ3n) is 3.65. The van der Waals surface area contributed by atoms with Gasteiger partial charge in [-0.2, -0.15) is 0 Å². The summed E-state index contributed by atoms with van der Waals surface area (Å²) in [5.41, 5.74) is 0.657. The van der Waals surface area contributed by atoms with Crippen molar-refractivity contribution in [2.24, 2.45) is 0 Å². The Morgan fingerprint density at radius 1 is 1.00 bits per heavy atom. The van der Waals surface area contributed by atoms with E-state index < -0.39 is 8.07 Å². The molecule has 0 saturated heterocycles. The van der Waals surface area contributed by atoms with E-state index in [-0.39, 0.29) is 0 Å². The number of hydrogen-bond donors (Lipinski definition) is 0. The maximum Gasteiger partial charge on any atom is 0.233 e. The summed E-state index contributed by atoms with van der Waals surface area (Å²) in [6.07, 6.45) is 1.93. The monoisotopic (exact) mass is 219 g/mol. The van der Waals surface area contributed by atoms with Crippen molar-refractivity contribution in [2.45, 2.75) is 38.9 Å². The van der Waals surface area contributed by atoms with E-state index in [1.165, 1.54) is 23.3 Å². The molecule has 0 aliphatic heterocycles. The van der Waals surface area contributed by atoms with E-state index in [2.05, 4.69) is 32.9 Å². The molecule has 1 nitrogen and oxygen atoms in total. The van der Waals surface area contributed by atoms with Gasteiger partial charge >= 0.3 is 0 Å². The molecular weight excluding hydrogens is 200 g/mol. The van der Waals surface area contributed by atoms with Gasteiger partial charge in [-0.15, -0.1) is 0 Å². The van der Waals surface area contributed by atoms with Crippen LogP contribution in [0.25, 0.3) is 0 Å². The molecule has 0 saturated carbocycles. The van der Waals surface area contributed by atoms with Gasteiger partial charge in [0.25, 0.3) is 0 Å². The standard InChI is InChI=1S/C13H19OSi/c1-4-15(5-2,6-3)13-9-7-12(11-14)8-10-13/h7-10H,4-6H2,1-3H3. The summed E-state index contributed by atoms with van der Waals surface area (Å²) in [4.78, 5) is 10.5. The van der Waals surface area contributed by atoms with E-state index in [1.807, 2.05) is 18.4 Å². The third kappa shape index (κ3) is 2.37. The molecule has 0 aliphatic rings. The molecule has 15 heavy (non-hydrogen) atoms. The lowest BCUT2D eigenvalue weighted by Gasteiger charge is -2.28. The average molecular weight is 219 g/mol. The largest absolute Gasteiger partial charge is 0.285 e. The van der Waals surface area contributed by atoms with Crippen LogP contribution in [0, 0.1) is 0 Å². The molecule has 81 valence electrons. The second kappa shape index (κ2) is 5.26. The summed E-state index contributed by atoms with van der Waals surface area (Å²) < 4.78 is 0. The smallest absolute Gasteiger partial charge is 0.233 e. The quantitative estimate of drug-likeness (QED) is 0.696. The normalized spacial score (nSPS) is 11.4. The zero-order valence-electron chi connectivity index (χ0n) is 9.84. The predicted molar refractivity (Wildman–Crippen MR) is 68.1 cm³/mol. The summed E-state index contributed by atoms with van der Waals surface area (Å²) in [5.74, 6) is 0. The Hall–Kier alpha value is -0.893. The minimum atomic E-state index is -1.26. The fourth-order valence-electron chi connectivity index (χ4n) is 2.25. The van der Waals surface area contributed by atoms with Gasteiger partial charge in [-0.1, -0.05) is 68.4 Å². The maximum absolute atomic E-state index is 10.5. The van der Waals surface area contributed by atoms with Gasteiger partial charge in [0.15, 0.2) is 0 Å². The van der Waals surface area contributed by atoms with Crippen LogP contribution in [0.5, 0.6) is 0 Å². The van der Waals surface area contributed by atoms with Crippen molar-refractivity contribution in [2.75, 3.05) is 0 Å². The van der Waals surface area contributed by atoms with Crippen molar-refractivity contribution >= 4 is 19.5 Å². The number of rotatable bonds is 5. The molecule has 0 bridgehead atoms. The Morgan fingerprint density at radius 3 is 1.80 bits per heavy atom. The molecule has 1 aromatic carbocycles. The first-order chi connectivity index (χ1) is 7.22. The predicted octanol–water partition coefficient (Wildman–Crippen LogP) is 2.86. The van der Waals surface area contributed by atoms with Crippen LogP contribution in [0.15, 0.2) is 24.3 Å². The second-order valence-corrected chi connectivity index (χ2v) is 9.28. The summed E-state index contributed by atoms with van der Waals surface area (Å²) in [7, 11) is -1.26. The fraction of sp³-hybridized carbons (Fsp3) is 0.462. The van der Waals surface area contributed by atoms with E-state index in [0.29, 0.717) is 5.56 Å². The summed E-state index contributed by atoms with van der Waals surface area (Å²) in [5, 5.41) is 1.48. The van der Waals surface area contributed by atoms with Crippen molar-refractivity contribution < 1.29 is 4.79 Å². The zero-order chi connectivity index (χ0) is 11.3. The van der Waals surface area contributed by atoms with Gasteiger partial charge in [0.1, 0.15) is 0 Å². The molecule has 1 radical (unpaired) electrons. The molecule has 0 N–H and O–H groups in total. The number of benzene rings is 1. The molecule has 0 heterocycles. The topological polar surface area (TPSA) is 17.1 Å². The average Bonchev–Trinajstić information content (AvgIpc) is 2.33. The van der Waals surface area contributed by atoms with Crippen LogP contribution in [0.3, 0.4) is 0 Å². The van der Waals surface area contributed by atoms with E-state index >= 15 is 0 Å². The molecule has 0 spiro atoms. The first-order valence-corrected chi connectivity index (χ1v) is 8.33. The highest BCUT2D eigenvalue weighted by molar-refractivity contribution is 6.91. The van der Waals surface area contributed by atoms with Crippen LogP contribution in [0.2, 0.25) is 18.1 Å². The maximum atomic E-state index is 10.5. The van der Waals surface area contributed by atoms with Crippen molar-refractivity contribution in [3.05, 3.63) is 29.8 Å². The number of hydrogen-bond acceptors (Lipinski definition) is 1. The molecule has 0 aliphatic carbocycles. The van der Waals surface area contributed by atoms with Crippen molar-refractivity contribution in [1.29, 1.82) is 0 Å². The van der Waals surface area contributed by atoms with E-state index in [0.717, 1.165) is 0 Å². The van der Waals surface area contributed by atoms with Gasteiger partial charge in [0.2, 0.25) is 6.29 Å². The Balaban J connectivity index is 3.06. The van der Waals surface area contributed by atoms with Crippen LogP contribution < -0.4 is 5.19 Å². The van der Waals surface area contributed by atoms with Gasteiger partial charge in [-0.25, -0.2) is 0 Å². The van der Waals surface area contributed by atoms with Crippen LogP contribution in [-0.2, 0) is 4.79 Å². The van der Waals surface area contributed by atoms with Crippen LogP contribution in [0.4, 0.5) is 0 Å². The zero-order valence-corrected chi connectivity index (χ0v) is 10.8. The van der Waals surface area contributed by atoms with Crippen molar-refractivity contribution in [1.82, 2.24) is 0 Å². The highest BCUT2D eigenvalue weighted by Crippen LogP contribution is 2.20. The van der Waals surface area contributed by atoms with Crippen LogP contribution in [-0.4, -0.2) is 14.4 Å². The first kappa shape index (κ1) is 12.2. The SMILES string of the molecule is CC[Si](CC)(CC)c1ccc([C]=O)cc1. The van der Waals surface area contributed by atoms with Gasteiger partial charge < -0.3 is 0 Å². The molecule has 0 amide bonds. The van der Waals surface area contributed by atoms with E-state index in [4.69, 9.17) is 0 Å². The Morgan fingerprint density at radius 2 is 1.47 bits per heavy atom. The lowest BCUT2D eigenvalue weighted by atomic mass is 10.2. The van der Waals surface area contributed by atoms with Crippen LogP contribution in [0.1, 0.15) is 26.3 Å². The fourth-order valence-corrected chi connectivity index (χ4v) is 5.85. The Labute approximate surface area is 93.5 Å². The van der Waals surface area contributed by atoms with Gasteiger partial charge in [-0.3, -0.25) is 4.79 Å². The van der Waals surface area contributed by atoms with Gasteiger partial charge in [0.05, 0.1) is 8.07 Å². The molecule has 0 aromatic heterocycles. The van der Waals surface area contributed by atoms with Gasteiger partial charge in [0, 0.05) is 5.56 Å². The molecule has 1 aromatic rings. The van der Waals surface area contributed by atoms with Crippen molar-refractivity contribution in [3.8, 4) is 0 Å². The molecule has 0 unspecified atom stereocenters. The summed E-state index contributed by atoms with van der Waals surface area (Å²) in [6.45, 7) is 6.87. The van der Waals surface area contributed by atoms with E-state index in [1.54, 1.807) is 0 Å². The van der Waals surface area contributed by atoms with E-state index in [9.17, 15) is 4.79 Å². The molecule has 0 fully saturated rings. The summed E-state index contributed by atoms with van der Waals surface area (Å²) >= 11 is 0. The van der Waals surface area contributed by atoms with Crippen LogP contribution >= 0.6 is 0 Å². The molecule has 0 atom stereocenters. The van der Waals surface area contributed by atoms with Crippen molar-refractivity contribution in [3.63, 3.8) is 0 Å². The Kier molecular flexibility index (Phi) is 4.27. The highest BCUT2D eigenvalue weighted by atomic mass is 28.3. The molecule has 1 rings (SSSR count). The minimum absolute atomic E-state index is 0.657. The second-order valence-electron chi connectivity index (χ2n) is 4.02. The summed E-state index contributed by atoms with van der Waals surface area (Å²) in [6, 6.07) is 11.9. The lowest BCUT2D eigenvalue weighted by Crippen LogP contribution is -2.45. The Bertz CT molecular complexity index is 304. The number of carbonyl (C=O) groups excluding carboxylic acids is 1. The molecular formula is C13H19OSi. The highest BCUT2D eigenvalue weighted by Gasteiger charge is 2.28. The van der Waals surface area contributed by atoms with Gasteiger partial charge in [-0.05, 0) is 0 Å². The third-order valence-corrected chi connectivity index (χ3v) is 9.26. The minimum Gasteiger partial charge on any atom is -0.285 e.